The van der Waals surface area contributed by atoms with Crippen molar-refractivity contribution in [2.75, 3.05) is 18.0 Å². The number of pyridine rings is 2. The Kier molecular flexibility index (Phi) is 15.1. The Morgan fingerprint density at radius 1 is 0.978 bits per heavy atom. The fourth-order valence-electron chi connectivity index (χ4n) is 4.85. The van der Waals surface area contributed by atoms with Crippen molar-refractivity contribution >= 4 is 28.6 Å². The molecule has 8 heteroatoms. The van der Waals surface area contributed by atoms with Crippen molar-refractivity contribution in [2.24, 2.45) is 0 Å². The molecule has 2 aromatic heterocycles. The first kappa shape index (κ1) is 37.2. The molecule has 0 saturated carbocycles. The maximum absolute atomic E-state index is 12.6. The van der Waals surface area contributed by atoms with Crippen molar-refractivity contribution < 1.29 is 19.1 Å². The summed E-state index contributed by atoms with van der Waals surface area (Å²) in [6, 6.07) is 15.7. The van der Waals surface area contributed by atoms with E-state index in [9.17, 15) is 14.9 Å². The number of allylic oxidation sites excluding steroid dienone is 2. The van der Waals surface area contributed by atoms with Gasteiger partial charge in [0.25, 0.3) is 0 Å². The summed E-state index contributed by atoms with van der Waals surface area (Å²) >= 11 is 0. The topological polar surface area (TPSA) is 105 Å². The lowest BCUT2D eigenvalue weighted by molar-refractivity contribution is -0.146. The van der Waals surface area contributed by atoms with E-state index in [2.05, 4.69) is 47.9 Å². The second-order valence-corrected chi connectivity index (χ2v) is 10.1. The van der Waals surface area contributed by atoms with E-state index < -0.39 is 12.1 Å². The number of carbonyl (C=O) groups excluding carboxylic acids is 2. The fourth-order valence-corrected chi connectivity index (χ4v) is 4.85. The first-order valence-electron chi connectivity index (χ1n) is 15.8. The number of aromatic nitrogens is 2. The van der Waals surface area contributed by atoms with Gasteiger partial charge in [0.15, 0.2) is 0 Å². The molecule has 1 atom stereocenters. The highest BCUT2D eigenvalue weighted by molar-refractivity contribution is 5.88. The highest BCUT2D eigenvalue weighted by Crippen LogP contribution is 2.40. The first-order chi connectivity index (χ1) is 22.3. The van der Waals surface area contributed by atoms with Gasteiger partial charge < -0.3 is 14.4 Å². The third-order valence-corrected chi connectivity index (χ3v) is 7.24. The predicted molar refractivity (Wildman–Crippen MR) is 186 cm³/mol. The van der Waals surface area contributed by atoms with Crippen LogP contribution in [0.1, 0.15) is 77.5 Å². The number of anilines is 1. The molecule has 0 bridgehead atoms. The maximum atomic E-state index is 12.6. The standard InChI is InChI=1S/C34H36N4O4.C2H6.C2H4/c1-6-26(39)10-12-34(40)41-23(5)28-20-33(42-32-19-25(9-11-27(28)32)38(7-2)8-3)29(21-35)24-14-16-37-31(18-24)30-17-22(4)13-15-36-30;2*1-2/h9,11,13-20,23H,6-8,10,12H2,1-5H3;1-2H3;1-2H2/b33-29-;;. The van der Waals surface area contributed by atoms with Crippen molar-refractivity contribution in [1.29, 1.82) is 5.26 Å². The molecule has 1 aliphatic rings. The van der Waals surface area contributed by atoms with Crippen molar-refractivity contribution in [3.05, 3.63) is 96.5 Å². The largest absolute Gasteiger partial charge is 0.458 e. The summed E-state index contributed by atoms with van der Waals surface area (Å²) in [6.45, 7) is 21.4. The van der Waals surface area contributed by atoms with Gasteiger partial charge in [0.2, 0.25) is 0 Å². The molecule has 0 radical (unpaired) electrons. The summed E-state index contributed by atoms with van der Waals surface area (Å²) in [4.78, 5) is 35.5. The number of ether oxygens (including phenoxy) is 2. The Labute approximate surface area is 274 Å². The second-order valence-electron chi connectivity index (χ2n) is 10.1. The van der Waals surface area contributed by atoms with Crippen molar-refractivity contribution in [2.45, 2.75) is 73.8 Å². The molecule has 0 N–H and O–H groups in total. The number of ketones is 1. The van der Waals surface area contributed by atoms with Gasteiger partial charge in [0.1, 0.15) is 35.0 Å². The molecule has 46 heavy (non-hydrogen) atoms. The van der Waals surface area contributed by atoms with Gasteiger partial charge in [-0.15, -0.1) is 13.2 Å². The van der Waals surface area contributed by atoms with Gasteiger partial charge in [-0.2, -0.15) is 5.26 Å². The molecule has 1 aromatic carbocycles. The minimum atomic E-state index is -0.643. The Hall–Kier alpha value is -5.03. The number of Topliss-reactive ketones (excluding diaryl/α,β-unsaturated/α-hetero) is 1. The van der Waals surface area contributed by atoms with Gasteiger partial charge >= 0.3 is 5.97 Å². The monoisotopic (exact) mass is 622 g/mol. The summed E-state index contributed by atoms with van der Waals surface area (Å²) in [5, 5.41) is 10.3. The number of nitriles is 1. The van der Waals surface area contributed by atoms with Gasteiger partial charge in [0, 0.05) is 61.2 Å². The van der Waals surface area contributed by atoms with E-state index in [0.29, 0.717) is 46.0 Å². The van der Waals surface area contributed by atoms with Crippen LogP contribution in [0.2, 0.25) is 0 Å². The van der Waals surface area contributed by atoms with E-state index in [1.165, 1.54) is 0 Å². The lowest BCUT2D eigenvalue weighted by atomic mass is 9.94. The number of hydrogen-bond acceptors (Lipinski definition) is 8. The number of rotatable bonds is 11. The smallest absolute Gasteiger partial charge is 0.306 e. The Morgan fingerprint density at radius 3 is 2.24 bits per heavy atom. The molecule has 3 heterocycles. The van der Waals surface area contributed by atoms with Crippen molar-refractivity contribution in [3.8, 4) is 23.2 Å². The van der Waals surface area contributed by atoms with Gasteiger partial charge in [0.05, 0.1) is 17.8 Å². The molecule has 0 amide bonds. The number of carbonyl (C=O) groups is 2. The molecular weight excluding hydrogens is 576 g/mol. The molecule has 0 spiro atoms. The Morgan fingerprint density at radius 2 is 1.63 bits per heavy atom. The van der Waals surface area contributed by atoms with Crippen LogP contribution >= 0.6 is 0 Å². The average molecular weight is 623 g/mol. The van der Waals surface area contributed by atoms with E-state index in [-0.39, 0.29) is 18.6 Å². The molecule has 1 unspecified atom stereocenters. The second kappa shape index (κ2) is 18.7. The van der Waals surface area contributed by atoms with Crippen LogP contribution in [0.4, 0.5) is 5.69 Å². The van der Waals surface area contributed by atoms with Crippen LogP contribution in [-0.4, -0.2) is 40.9 Å². The molecule has 0 aliphatic carbocycles. The number of hydrogen-bond donors (Lipinski definition) is 0. The maximum Gasteiger partial charge on any atom is 0.306 e. The van der Waals surface area contributed by atoms with Gasteiger partial charge in [-0.1, -0.05) is 20.8 Å². The van der Waals surface area contributed by atoms with E-state index in [4.69, 9.17) is 9.47 Å². The van der Waals surface area contributed by atoms with Crippen molar-refractivity contribution in [3.63, 3.8) is 0 Å². The van der Waals surface area contributed by atoms with E-state index in [0.717, 1.165) is 29.9 Å². The quantitative estimate of drug-likeness (QED) is 0.119. The minimum Gasteiger partial charge on any atom is -0.458 e. The average Bonchev–Trinajstić information content (AvgIpc) is 3.09. The molecule has 1 aliphatic heterocycles. The summed E-state index contributed by atoms with van der Waals surface area (Å²) in [7, 11) is 0. The zero-order valence-corrected chi connectivity index (χ0v) is 28.2. The van der Waals surface area contributed by atoms with Gasteiger partial charge in [-0.05, 0) is 81.3 Å². The third kappa shape index (κ3) is 9.48. The predicted octanol–water partition coefficient (Wildman–Crippen LogP) is 8.53. The van der Waals surface area contributed by atoms with Gasteiger partial charge in [-0.25, -0.2) is 0 Å². The first-order valence-corrected chi connectivity index (χ1v) is 15.8. The third-order valence-electron chi connectivity index (χ3n) is 7.24. The zero-order chi connectivity index (χ0) is 34.2. The molecule has 242 valence electrons. The number of esters is 1. The SMILES string of the molecule is C=C.CC.CCC(=O)CCC(=O)OC(C)C1=C/C(=C(\C#N)c2ccnc(-c3cc(C)ccn3)c2)Oc2cc(N(CC)CC)ccc21. The normalized spacial score (nSPS) is 13.0. The number of aryl methyl sites for hydroxylation is 1. The van der Waals surface area contributed by atoms with E-state index in [1.807, 2.05) is 57.2 Å². The van der Waals surface area contributed by atoms with Crippen molar-refractivity contribution in [1.82, 2.24) is 9.97 Å². The van der Waals surface area contributed by atoms with Crippen LogP contribution in [0.3, 0.4) is 0 Å². The molecule has 8 nitrogen and oxygen atoms in total. The number of benzene rings is 1. The molecule has 0 fully saturated rings. The summed E-state index contributed by atoms with van der Waals surface area (Å²) in [5.74, 6) is 0.475. The lowest BCUT2D eigenvalue weighted by Crippen LogP contribution is -2.23. The number of fused-ring (bicyclic) bond motifs is 1. The summed E-state index contributed by atoms with van der Waals surface area (Å²) in [6.07, 6.45) is 5.05. The van der Waals surface area contributed by atoms with Crippen LogP contribution in [0, 0.1) is 18.3 Å². The van der Waals surface area contributed by atoms with Gasteiger partial charge in [-0.3, -0.25) is 19.6 Å². The molecular formula is C38H46N4O4. The van der Waals surface area contributed by atoms with Crippen LogP contribution in [0.15, 0.2) is 79.9 Å². The van der Waals surface area contributed by atoms with Crippen LogP contribution in [0.25, 0.3) is 22.5 Å². The van der Waals surface area contributed by atoms with E-state index in [1.54, 1.807) is 38.4 Å². The Balaban J connectivity index is 0.00000177. The highest BCUT2D eigenvalue weighted by Gasteiger charge is 2.27. The summed E-state index contributed by atoms with van der Waals surface area (Å²) in [5.41, 5.74) is 5.80. The zero-order valence-electron chi connectivity index (χ0n) is 28.2. The fraction of sp³-hybridized carbons (Fsp3) is 0.342. The Bertz CT molecular complexity index is 1600. The highest BCUT2D eigenvalue weighted by atomic mass is 16.5. The summed E-state index contributed by atoms with van der Waals surface area (Å²) < 4.78 is 12.2. The molecule has 0 saturated heterocycles. The number of nitrogens with zero attached hydrogens (tertiary/aromatic N) is 4. The lowest BCUT2D eigenvalue weighted by Gasteiger charge is -2.28. The van der Waals surface area contributed by atoms with Crippen LogP contribution < -0.4 is 9.64 Å². The van der Waals surface area contributed by atoms with Crippen LogP contribution in [0.5, 0.6) is 5.75 Å². The molecule has 3 aromatic rings. The molecule has 4 rings (SSSR count). The minimum absolute atomic E-state index is 0.0145. The van der Waals surface area contributed by atoms with Crippen LogP contribution in [-0.2, 0) is 14.3 Å². The van der Waals surface area contributed by atoms with E-state index >= 15 is 0 Å².